The first kappa shape index (κ1) is 16.0. The van der Waals surface area contributed by atoms with Crippen molar-refractivity contribution in [1.82, 2.24) is 0 Å². The van der Waals surface area contributed by atoms with Crippen LogP contribution in [-0.2, 0) is 17.1 Å². The summed E-state index contributed by atoms with van der Waals surface area (Å²) in [7, 11) is 0. The van der Waals surface area contributed by atoms with Gasteiger partial charge in [-0.1, -0.05) is 0 Å². The van der Waals surface area contributed by atoms with Crippen molar-refractivity contribution < 1.29 is 32.1 Å². The van der Waals surface area contributed by atoms with E-state index in [2.05, 4.69) is 0 Å². The van der Waals surface area contributed by atoms with Crippen molar-refractivity contribution >= 4 is 29.2 Å². The molecule has 32 valence electrons. The van der Waals surface area contributed by atoms with E-state index in [1.54, 1.807) is 0 Å². The first-order valence-electron chi connectivity index (χ1n) is 0.612. The Morgan fingerprint density at radius 3 is 1.33 bits per heavy atom. The molecule has 0 aliphatic carbocycles. The molecule has 3 nitrogen and oxygen atoms in total. The van der Waals surface area contributed by atoms with Crippen LogP contribution in [0.15, 0.2) is 0 Å². The largest absolute Gasteiger partial charge is 2.00 e. The van der Waals surface area contributed by atoms with Crippen LogP contribution in [0, 0.1) is 0 Å². The summed E-state index contributed by atoms with van der Waals surface area (Å²) in [5.41, 5.74) is 0. The van der Waals surface area contributed by atoms with E-state index in [0.29, 0.717) is 0 Å². The third-order valence-corrected chi connectivity index (χ3v) is 0. The second kappa shape index (κ2) is 9.12. The summed E-state index contributed by atoms with van der Waals surface area (Å²) in [6.45, 7) is 0. The van der Waals surface area contributed by atoms with Crippen molar-refractivity contribution in [2.24, 2.45) is 0 Å². The maximum atomic E-state index is 8.33. The van der Waals surface area contributed by atoms with Gasteiger partial charge in [0.25, 0.3) is 0 Å². The van der Waals surface area contributed by atoms with Gasteiger partial charge < -0.3 is 15.0 Å². The molecule has 0 aliphatic heterocycles. The third-order valence-electron chi connectivity index (χ3n) is 0. The van der Waals surface area contributed by atoms with Gasteiger partial charge in [-0.2, -0.15) is 0 Å². The minimum Gasteiger partial charge on any atom is -0.652 e. The minimum absolute atomic E-state index is 0. The molecule has 0 N–H and O–H groups in total. The molecule has 0 aromatic heterocycles. The number of carboxylic acid groups (broad SMARTS) is 2. The average Bonchev–Trinajstić information content (AvgIpc) is 0.811. The van der Waals surface area contributed by atoms with Crippen molar-refractivity contribution in [1.29, 1.82) is 0 Å². The van der Waals surface area contributed by atoms with Crippen molar-refractivity contribution in [3.05, 3.63) is 0 Å². The molecule has 0 radical (unpaired) electrons. The van der Waals surface area contributed by atoms with Gasteiger partial charge >= 0.3 is 23.1 Å². The predicted octanol–water partition coefficient (Wildman–Crippen LogP) is -2.83. The Kier molecular flexibility index (Phi) is 24.3. The summed E-state index contributed by atoms with van der Waals surface area (Å²) >= 11 is 0. The molecule has 0 heterocycles. The molecule has 0 saturated heterocycles. The van der Waals surface area contributed by atoms with Crippen molar-refractivity contribution in [3.63, 3.8) is 0 Å². The maximum Gasteiger partial charge on any atom is 2.00 e. The molecule has 0 aromatic rings. The van der Waals surface area contributed by atoms with E-state index in [4.69, 9.17) is 15.0 Å². The molecule has 0 aliphatic rings. The van der Waals surface area contributed by atoms with Crippen molar-refractivity contribution in [3.8, 4) is 0 Å². The molecule has 0 saturated carbocycles. The molecule has 0 aromatic carbocycles. The van der Waals surface area contributed by atoms with E-state index in [1.165, 1.54) is 0 Å². The number of carbonyl (C=O) groups excluding carboxylic acids is 1. The van der Waals surface area contributed by atoms with Gasteiger partial charge in [0, 0.05) is 17.1 Å². The van der Waals surface area contributed by atoms with Crippen LogP contribution in [0.4, 0.5) is 4.79 Å². The molecule has 6 heavy (non-hydrogen) atoms. The van der Waals surface area contributed by atoms with E-state index in [9.17, 15) is 0 Å². The second-order valence-corrected chi connectivity index (χ2v) is 0.250. The van der Waals surface area contributed by atoms with Gasteiger partial charge in [0.15, 0.2) is 0 Å². The van der Waals surface area contributed by atoms with Crippen molar-refractivity contribution in [2.75, 3.05) is 0 Å². The van der Waals surface area contributed by atoms with E-state index >= 15 is 0 Å². The average molecular weight is 140 g/mol. The zero-order chi connectivity index (χ0) is 3.58. The molecule has 0 rings (SSSR count). The molecule has 0 atom stereocenters. The van der Waals surface area contributed by atoms with E-state index in [-0.39, 0.29) is 40.1 Å². The first-order valence-corrected chi connectivity index (χ1v) is 0.612. The molecular weight excluding hydrogens is 140 g/mol. The standard InChI is InChI=1S/CH2O3.Fe.Mg/c2-1(3)4;;/h(H2,2,3,4);;/q;;+2/p-2. The summed E-state index contributed by atoms with van der Waals surface area (Å²) in [4.78, 5) is 8.33. The Morgan fingerprint density at radius 2 is 1.33 bits per heavy atom. The Bertz CT molecular complexity index is 33.8. The number of hydrogen-bond donors (Lipinski definition) is 0. The van der Waals surface area contributed by atoms with E-state index in [0.717, 1.165) is 0 Å². The first-order chi connectivity index (χ1) is 1.73. The smallest absolute Gasteiger partial charge is 0.652 e. The zero-order valence-corrected chi connectivity index (χ0v) is 5.30. The Morgan fingerprint density at radius 1 is 1.33 bits per heavy atom. The van der Waals surface area contributed by atoms with Gasteiger partial charge in [0.2, 0.25) is 0 Å². The fraction of sp³-hybridized carbons (Fsp3) is 0. The van der Waals surface area contributed by atoms with Crippen LogP contribution >= 0.6 is 0 Å². The van der Waals surface area contributed by atoms with Gasteiger partial charge in [0.05, 0.1) is 0 Å². The normalized spacial score (nSPS) is 4.00. The van der Waals surface area contributed by atoms with Gasteiger partial charge in [-0.25, -0.2) is 0 Å². The summed E-state index contributed by atoms with van der Waals surface area (Å²) in [6, 6.07) is 0. The quantitative estimate of drug-likeness (QED) is 0.341. The summed E-state index contributed by atoms with van der Waals surface area (Å²) in [5, 5.41) is 16.7. The summed E-state index contributed by atoms with van der Waals surface area (Å²) in [6.07, 6.45) is -2.33. The van der Waals surface area contributed by atoms with Gasteiger partial charge in [-0.05, 0) is 6.16 Å². The molecule has 0 spiro atoms. The van der Waals surface area contributed by atoms with Crippen LogP contribution in [0.1, 0.15) is 0 Å². The Balaban J connectivity index is -0.0000000450. The second-order valence-electron chi connectivity index (χ2n) is 0.250. The Labute approximate surface area is 61.4 Å². The van der Waals surface area contributed by atoms with Gasteiger partial charge in [-0.3, -0.25) is 0 Å². The zero-order valence-electron chi connectivity index (χ0n) is 2.79. The minimum atomic E-state index is -2.33. The van der Waals surface area contributed by atoms with Crippen LogP contribution in [0.25, 0.3) is 0 Å². The van der Waals surface area contributed by atoms with Crippen LogP contribution in [-0.4, -0.2) is 29.2 Å². The van der Waals surface area contributed by atoms with Gasteiger partial charge in [0.1, 0.15) is 0 Å². The fourth-order valence-corrected chi connectivity index (χ4v) is 0. The Hall–Kier alpha value is 0.556. The van der Waals surface area contributed by atoms with E-state index < -0.39 is 6.16 Å². The van der Waals surface area contributed by atoms with E-state index in [1.807, 2.05) is 0 Å². The molecule has 0 unspecified atom stereocenters. The number of carbonyl (C=O) groups is 1. The van der Waals surface area contributed by atoms with Crippen molar-refractivity contribution in [2.45, 2.75) is 0 Å². The molecule has 0 bridgehead atoms. The molecule has 0 amide bonds. The fourth-order valence-electron chi connectivity index (χ4n) is 0. The van der Waals surface area contributed by atoms with Crippen LogP contribution < -0.4 is 10.2 Å². The topological polar surface area (TPSA) is 63.2 Å². The molecule has 5 heteroatoms. The van der Waals surface area contributed by atoms with Gasteiger partial charge in [-0.15, -0.1) is 0 Å². The third kappa shape index (κ3) is 187. The number of rotatable bonds is 0. The summed E-state index contributed by atoms with van der Waals surface area (Å²) < 4.78 is 0. The van der Waals surface area contributed by atoms with Crippen LogP contribution in [0.2, 0.25) is 0 Å². The predicted molar refractivity (Wildman–Crippen MR) is 11.1 cm³/mol. The number of hydrogen-bond acceptors (Lipinski definition) is 3. The molecule has 0 fully saturated rings. The van der Waals surface area contributed by atoms with Crippen LogP contribution in [0.3, 0.4) is 0 Å². The maximum absolute atomic E-state index is 8.33. The van der Waals surface area contributed by atoms with Crippen LogP contribution in [0.5, 0.6) is 0 Å². The monoisotopic (exact) mass is 140 g/mol. The molecular formula is CFeMgO3. The summed E-state index contributed by atoms with van der Waals surface area (Å²) in [5.74, 6) is 0. The SMILES string of the molecule is O=C([O-])[O-].[Fe].[Mg+2].